The minimum absolute atomic E-state index is 0.00911. The largest absolute Gasteiger partial charge is 0.508 e. The Bertz CT molecular complexity index is 3520. The topological polar surface area (TPSA) is 212 Å². The normalized spacial score (nSPS) is 15.8. The molecule has 5 heterocycles. The molecule has 0 aliphatic carbocycles. The maximum absolute atomic E-state index is 13.7. The smallest absolute Gasteiger partial charge is 0.405 e. The molecule has 0 bridgehead atoms. The summed E-state index contributed by atoms with van der Waals surface area (Å²) in [4.78, 5) is 59.9. The van der Waals surface area contributed by atoms with Crippen molar-refractivity contribution in [1.29, 1.82) is 5.26 Å². The molecule has 3 aliphatic rings. The van der Waals surface area contributed by atoms with Gasteiger partial charge in [-0.25, -0.2) is 4.98 Å². The van der Waals surface area contributed by atoms with Crippen molar-refractivity contribution in [3.05, 3.63) is 142 Å². The lowest BCUT2D eigenvalue weighted by molar-refractivity contribution is -0.132. The summed E-state index contributed by atoms with van der Waals surface area (Å²) in [6.07, 6.45) is -0.268. The van der Waals surface area contributed by atoms with E-state index < -0.39 is 24.5 Å². The molecule has 0 radical (unpaired) electrons. The first kappa shape index (κ1) is 57.5. The fraction of sp³-hybridized carbons (Fsp3) is 0.387. The van der Waals surface area contributed by atoms with Crippen LogP contribution in [0.15, 0.2) is 103 Å². The molecule has 2 saturated heterocycles. The van der Waals surface area contributed by atoms with Gasteiger partial charge in [-0.15, -0.1) is 10.2 Å². The number of phenols is 2. The zero-order valence-corrected chi connectivity index (χ0v) is 46.9. The molecule has 18 nitrogen and oxygen atoms in total. The zero-order valence-electron chi connectivity index (χ0n) is 46.9. The number of aromatic hydroxyl groups is 2. The Balaban J connectivity index is 0.722. The Labute approximate surface area is 480 Å². The number of fused-ring (bicyclic) bond motifs is 2. The lowest BCUT2D eigenvalue weighted by Crippen LogP contribution is -2.55. The van der Waals surface area contributed by atoms with Crippen LogP contribution in [0, 0.1) is 17.2 Å². The van der Waals surface area contributed by atoms with Gasteiger partial charge >= 0.3 is 6.18 Å². The summed E-state index contributed by atoms with van der Waals surface area (Å²) >= 11 is 0. The minimum Gasteiger partial charge on any atom is -0.508 e. The van der Waals surface area contributed by atoms with Crippen LogP contribution >= 0.6 is 0 Å². The highest BCUT2D eigenvalue weighted by atomic mass is 19.4. The van der Waals surface area contributed by atoms with Gasteiger partial charge in [0.1, 0.15) is 23.9 Å². The maximum Gasteiger partial charge on any atom is 0.405 e. The number of aryl methyl sites for hydroxylation is 1. The predicted molar refractivity (Wildman–Crippen MR) is 310 cm³/mol. The number of carbonyl (C=O) groups is 3. The number of halogens is 3. The fourth-order valence-corrected chi connectivity index (χ4v) is 11.7. The van der Waals surface area contributed by atoms with Crippen molar-refractivity contribution >= 4 is 45.9 Å². The van der Waals surface area contributed by atoms with E-state index in [9.17, 15) is 43.0 Å². The quantitative estimate of drug-likeness (QED) is 0.0634. The highest BCUT2D eigenvalue weighted by Crippen LogP contribution is 2.38. The van der Waals surface area contributed by atoms with Crippen LogP contribution in [0.5, 0.6) is 11.5 Å². The molecule has 2 aromatic heterocycles. The van der Waals surface area contributed by atoms with E-state index in [0.29, 0.717) is 94.9 Å². The second kappa shape index (κ2) is 25.2. The highest BCUT2D eigenvalue weighted by Gasteiger charge is 2.34. The number of aromatic nitrogens is 5. The Morgan fingerprint density at radius 2 is 1.54 bits per heavy atom. The molecule has 83 heavy (non-hydrogen) atoms. The van der Waals surface area contributed by atoms with Crippen LogP contribution in [0.1, 0.15) is 83.7 Å². The van der Waals surface area contributed by atoms with Gasteiger partial charge in [-0.05, 0) is 97.0 Å². The van der Waals surface area contributed by atoms with E-state index in [1.54, 1.807) is 24.0 Å². The summed E-state index contributed by atoms with van der Waals surface area (Å²) < 4.78 is 40.5. The van der Waals surface area contributed by atoms with Gasteiger partial charge in [0.15, 0.2) is 5.82 Å². The van der Waals surface area contributed by atoms with Crippen LogP contribution in [-0.2, 0) is 48.5 Å². The number of piperazine rings is 1. The molecular formula is C62H68F3N13O5. The number of hydrogen-bond acceptors (Lipinski definition) is 14. The van der Waals surface area contributed by atoms with E-state index in [0.717, 1.165) is 72.2 Å². The van der Waals surface area contributed by atoms with Crippen LogP contribution in [-0.4, -0.2) is 139 Å². The highest BCUT2D eigenvalue weighted by molar-refractivity contribution is 5.94. The van der Waals surface area contributed by atoms with E-state index >= 15 is 0 Å². The molecule has 2 fully saturated rings. The average molecular weight is 1130 g/mol. The molecule has 3 amide bonds. The standard InChI is InChI=1S/C62H68F3N13O5/c1-4-45-33-51(55(81)34-54(45)80)58-71-72-59(60(83)68-39-62(63,64)65)78(58)47-18-16-44(17-19-47)36-73(3)35-43-14-12-41(13-15-43)32-42-22-27-74(28-23-42)56(82)21-26-67-61-69-52-38-75(53-11-7-9-46-8-5-6-10-49(46)53)29-24-50(52)57(70-61)76-30-31-77(40(2)79)48(37-76)20-25-66/h5-19,33-34,42,48,80-81H,4,20-24,26-32,35-39H2,1-3H3,(H,68,83)(H,67,69,70). The van der Waals surface area contributed by atoms with E-state index in [1.165, 1.54) is 27.0 Å². The third-order valence-electron chi connectivity index (χ3n) is 16.0. The van der Waals surface area contributed by atoms with Crippen LogP contribution in [0.3, 0.4) is 0 Å². The SMILES string of the molecule is CCc1cc(-c2nnc(C(=O)NCC(F)(F)F)n2-c2ccc(CN(C)Cc3ccc(CC4CCN(C(=O)CCNc5nc6c(c(N7CCN(C(C)=O)C(CC#N)C7)n5)CCN(c5cccc7ccccc57)C6)CC4)cc3)cc2)c(O)cc1O. The first-order valence-corrected chi connectivity index (χ1v) is 28.3. The van der Waals surface area contributed by atoms with Gasteiger partial charge in [-0.1, -0.05) is 79.7 Å². The zero-order chi connectivity index (χ0) is 58.4. The number of amides is 3. The van der Waals surface area contributed by atoms with Crippen molar-refractivity contribution in [3.8, 4) is 34.6 Å². The molecule has 1 atom stereocenters. The summed E-state index contributed by atoms with van der Waals surface area (Å²) in [5.41, 5.74) is 7.44. The second-order valence-corrected chi connectivity index (χ2v) is 21.8. The van der Waals surface area contributed by atoms with Gasteiger partial charge in [0.05, 0.1) is 36.3 Å². The maximum atomic E-state index is 13.7. The van der Waals surface area contributed by atoms with Gasteiger partial charge in [-0.3, -0.25) is 23.9 Å². The molecule has 5 aromatic carbocycles. The number of likely N-dealkylation sites (tertiary alicyclic amines) is 1. The van der Waals surface area contributed by atoms with E-state index in [2.05, 4.69) is 96.9 Å². The predicted octanol–water partition coefficient (Wildman–Crippen LogP) is 8.57. The van der Waals surface area contributed by atoms with Gasteiger partial charge in [0.2, 0.25) is 23.6 Å². The molecule has 1 unspecified atom stereocenters. The summed E-state index contributed by atoms with van der Waals surface area (Å²) in [7, 11) is 2.00. The Kier molecular flexibility index (Phi) is 17.4. The van der Waals surface area contributed by atoms with Gasteiger partial charge in [0.25, 0.3) is 5.91 Å². The number of piperidine rings is 1. The Hall–Kier alpha value is -8.77. The third kappa shape index (κ3) is 13.4. The van der Waals surface area contributed by atoms with Crippen LogP contribution in [0.25, 0.3) is 27.8 Å². The molecular weight excluding hydrogens is 1060 g/mol. The summed E-state index contributed by atoms with van der Waals surface area (Å²) in [5.74, 6) is -0.212. The van der Waals surface area contributed by atoms with E-state index in [4.69, 9.17) is 9.97 Å². The number of alkyl halides is 3. The Morgan fingerprint density at radius 1 is 0.831 bits per heavy atom. The monoisotopic (exact) mass is 1130 g/mol. The molecule has 4 N–H and O–H groups in total. The van der Waals surface area contributed by atoms with Crippen LogP contribution < -0.4 is 20.4 Å². The van der Waals surface area contributed by atoms with Crippen molar-refractivity contribution < 1.29 is 37.8 Å². The van der Waals surface area contributed by atoms with Gasteiger partial charge in [-0.2, -0.15) is 23.4 Å². The van der Waals surface area contributed by atoms with Crippen molar-refractivity contribution in [2.45, 2.75) is 90.6 Å². The van der Waals surface area contributed by atoms with Crippen molar-refractivity contribution in [3.63, 3.8) is 0 Å². The number of rotatable bonds is 18. The summed E-state index contributed by atoms with van der Waals surface area (Å²) in [6.45, 7) is 7.70. The van der Waals surface area contributed by atoms with Crippen molar-refractivity contribution in [2.24, 2.45) is 5.92 Å². The fourth-order valence-electron chi connectivity index (χ4n) is 11.7. The van der Waals surface area contributed by atoms with Crippen LogP contribution in [0.2, 0.25) is 0 Å². The number of carbonyl (C=O) groups excluding carboxylic acids is 3. The number of nitrogens with zero attached hydrogens (tertiary/aromatic N) is 11. The molecule has 0 saturated carbocycles. The lowest BCUT2D eigenvalue weighted by atomic mass is 9.90. The molecule has 21 heteroatoms. The molecule has 7 aromatic rings. The number of nitriles is 1. The molecule has 432 valence electrons. The van der Waals surface area contributed by atoms with Crippen molar-refractivity contribution in [2.75, 3.05) is 74.5 Å². The second-order valence-electron chi connectivity index (χ2n) is 21.8. The van der Waals surface area contributed by atoms with E-state index in [1.807, 2.05) is 42.4 Å². The third-order valence-corrected chi connectivity index (χ3v) is 16.0. The molecule has 0 spiro atoms. The minimum atomic E-state index is -4.65. The van der Waals surface area contributed by atoms with E-state index in [-0.39, 0.29) is 47.2 Å². The number of phenolic OH excluding ortho intramolecular Hbond substituents is 2. The summed E-state index contributed by atoms with van der Waals surface area (Å²) in [6, 6.07) is 35.2. The number of benzene rings is 5. The van der Waals surface area contributed by atoms with Crippen LogP contribution in [0.4, 0.5) is 30.6 Å². The average Bonchev–Trinajstić information content (AvgIpc) is 4.18. The molecule has 10 rings (SSSR count). The number of nitrogens with one attached hydrogen (secondary N) is 2. The summed E-state index contributed by atoms with van der Waals surface area (Å²) in [5, 5.41) is 46.5. The van der Waals surface area contributed by atoms with Gasteiger partial charge < -0.3 is 40.4 Å². The number of hydrogen-bond donors (Lipinski definition) is 4. The number of anilines is 3. The first-order valence-electron chi connectivity index (χ1n) is 28.3. The van der Waals surface area contributed by atoms with Crippen molar-refractivity contribution in [1.82, 2.24) is 44.7 Å². The molecule has 3 aliphatic heterocycles. The lowest BCUT2D eigenvalue weighted by Gasteiger charge is -2.42. The first-order chi connectivity index (χ1) is 40.0. The Morgan fingerprint density at radius 3 is 2.25 bits per heavy atom. The van der Waals surface area contributed by atoms with Gasteiger partial charge in [0, 0.05) is 101 Å².